The van der Waals surface area contributed by atoms with E-state index < -0.39 is 0 Å². The maximum Gasteiger partial charge on any atom is 0.217 e. The van der Waals surface area contributed by atoms with Crippen molar-refractivity contribution in [2.45, 2.75) is 40.7 Å². The summed E-state index contributed by atoms with van der Waals surface area (Å²) in [5, 5.41) is 2.71. The predicted molar refractivity (Wildman–Crippen MR) is 62.5 cm³/mol. The molecular formula is C11H21N3O. The standard InChI is InChI=1S/C9H13N3O.C2H6.H2/c1-6-4-10-9(11-5-6)7(2)12-8(3)13;1-2;/h4-5,7H,1-3H3,(H,12,13);1-2H3;1H. The lowest BCUT2D eigenvalue weighted by Crippen LogP contribution is -2.25. The second kappa shape index (κ2) is 6.92. The van der Waals surface area contributed by atoms with E-state index >= 15 is 0 Å². The number of amides is 1. The van der Waals surface area contributed by atoms with Crippen LogP contribution in [-0.2, 0) is 4.79 Å². The highest BCUT2D eigenvalue weighted by Gasteiger charge is 2.08. The molecule has 0 bridgehead atoms. The highest BCUT2D eigenvalue weighted by Crippen LogP contribution is 2.05. The van der Waals surface area contributed by atoms with Gasteiger partial charge in [0.05, 0.1) is 6.04 Å². The van der Waals surface area contributed by atoms with Crippen LogP contribution in [0.15, 0.2) is 12.4 Å². The number of nitrogens with zero attached hydrogens (tertiary/aromatic N) is 2. The van der Waals surface area contributed by atoms with Crippen molar-refractivity contribution in [3.63, 3.8) is 0 Å². The van der Waals surface area contributed by atoms with E-state index in [-0.39, 0.29) is 13.4 Å². The van der Waals surface area contributed by atoms with E-state index in [1.807, 2.05) is 27.7 Å². The first-order chi connectivity index (χ1) is 7.09. The second-order valence-electron chi connectivity index (χ2n) is 3.04. The molecule has 0 saturated carbocycles. The third-order valence-corrected chi connectivity index (χ3v) is 1.61. The lowest BCUT2D eigenvalue weighted by Gasteiger charge is -2.10. The summed E-state index contributed by atoms with van der Waals surface area (Å²) in [7, 11) is 0. The molecule has 0 aromatic carbocycles. The number of aromatic nitrogens is 2. The van der Waals surface area contributed by atoms with Gasteiger partial charge in [-0.2, -0.15) is 0 Å². The summed E-state index contributed by atoms with van der Waals surface area (Å²) in [4.78, 5) is 18.9. The minimum absolute atomic E-state index is 0. The van der Waals surface area contributed by atoms with Gasteiger partial charge in [0.1, 0.15) is 5.82 Å². The van der Waals surface area contributed by atoms with Gasteiger partial charge in [0.25, 0.3) is 0 Å². The van der Waals surface area contributed by atoms with Gasteiger partial charge in [0.2, 0.25) is 5.91 Å². The molecule has 4 nitrogen and oxygen atoms in total. The summed E-state index contributed by atoms with van der Waals surface area (Å²) in [6.07, 6.45) is 3.47. The van der Waals surface area contributed by atoms with Crippen LogP contribution in [0.2, 0.25) is 0 Å². The van der Waals surface area contributed by atoms with Gasteiger partial charge in [-0.15, -0.1) is 0 Å². The SMILES string of the molecule is CC.CC(=O)NC(C)c1ncc(C)cn1.[HH]. The van der Waals surface area contributed by atoms with Crippen LogP contribution in [0.3, 0.4) is 0 Å². The van der Waals surface area contributed by atoms with Crippen molar-refractivity contribution in [3.8, 4) is 0 Å². The fourth-order valence-corrected chi connectivity index (χ4v) is 0.996. The third-order valence-electron chi connectivity index (χ3n) is 1.61. The molecule has 0 fully saturated rings. The second-order valence-corrected chi connectivity index (χ2v) is 3.04. The van der Waals surface area contributed by atoms with E-state index in [0.717, 1.165) is 5.56 Å². The Kier molecular flexibility index (Phi) is 6.25. The number of carbonyl (C=O) groups excluding carboxylic acids is 1. The van der Waals surface area contributed by atoms with Crippen LogP contribution in [0, 0.1) is 6.92 Å². The molecule has 1 aromatic heterocycles. The van der Waals surface area contributed by atoms with E-state index in [0.29, 0.717) is 5.82 Å². The quantitative estimate of drug-likeness (QED) is 0.816. The zero-order valence-electron chi connectivity index (χ0n) is 10.0. The number of carbonyl (C=O) groups is 1. The van der Waals surface area contributed by atoms with Crippen molar-refractivity contribution in [3.05, 3.63) is 23.8 Å². The van der Waals surface area contributed by atoms with Crippen molar-refractivity contribution in [1.29, 1.82) is 0 Å². The fraction of sp³-hybridized carbons (Fsp3) is 0.545. The van der Waals surface area contributed by atoms with Gasteiger partial charge in [0, 0.05) is 20.7 Å². The van der Waals surface area contributed by atoms with Crippen LogP contribution in [0.5, 0.6) is 0 Å². The molecule has 1 unspecified atom stereocenters. The van der Waals surface area contributed by atoms with Crippen LogP contribution in [0.1, 0.15) is 46.6 Å². The van der Waals surface area contributed by atoms with Crippen molar-refractivity contribution < 1.29 is 6.22 Å². The van der Waals surface area contributed by atoms with E-state index in [1.165, 1.54) is 6.92 Å². The zero-order chi connectivity index (χ0) is 11.8. The Morgan fingerprint density at radius 1 is 1.40 bits per heavy atom. The number of rotatable bonds is 2. The largest absolute Gasteiger partial charge is 0.347 e. The Morgan fingerprint density at radius 3 is 2.27 bits per heavy atom. The van der Waals surface area contributed by atoms with Crippen molar-refractivity contribution in [1.82, 2.24) is 15.3 Å². The highest BCUT2D eigenvalue weighted by atomic mass is 16.1. The van der Waals surface area contributed by atoms with Gasteiger partial charge in [-0.25, -0.2) is 9.97 Å². The Hall–Kier alpha value is -1.45. The monoisotopic (exact) mass is 211 g/mol. The maximum absolute atomic E-state index is 10.7. The Labute approximate surface area is 92.6 Å². The summed E-state index contributed by atoms with van der Waals surface area (Å²) in [6, 6.07) is -0.127. The van der Waals surface area contributed by atoms with Gasteiger partial charge < -0.3 is 5.32 Å². The molecule has 1 heterocycles. The van der Waals surface area contributed by atoms with Crippen LogP contribution in [-0.4, -0.2) is 15.9 Å². The smallest absolute Gasteiger partial charge is 0.217 e. The maximum atomic E-state index is 10.7. The molecule has 0 spiro atoms. The number of aryl methyl sites for hydroxylation is 1. The van der Waals surface area contributed by atoms with Crippen LogP contribution in [0.4, 0.5) is 0 Å². The molecule has 15 heavy (non-hydrogen) atoms. The number of hydrogen-bond acceptors (Lipinski definition) is 3. The molecule has 0 aliphatic rings. The molecular weight excluding hydrogens is 190 g/mol. The Balaban J connectivity index is 0. The van der Waals surface area contributed by atoms with E-state index in [2.05, 4.69) is 15.3 Å². The molecule has 0 radical (unpaired) electrons. The van der Waals surface area contributed by atoms with Crippen LogP contribution >= 0.6 is 0 Å². The minimum Gasteiger partial charge on any atom is -0.347 e. The topological polar surface area (TPSA) is 54.9 Å². The first-order valence-electron chi connectivity index (χ1n) is 5.15. The summed E-state index contributed by atoms with van der Waals surface area (Å²) in [5.74, 6) is 0.567. The average Bonchev–Trinajstić information content (AvgIpc) is 2.20. The first kappa shape index (κ1) is 13.5. The molecule has 1 rings (SSSR count). The van der Waals surface area contributed by atoms with Crippen molar-refractivity contribution >= 4 is 5.91 Å². The number of nitrogens with one attached hydrogen (secondary N) is 1. The number of hydrogen-bond donors (Lipinski definition) is 1. The Morgan fingerprint density at radius 2 is 1.87 bits per heavy atom. The summed E-state index contributed by atoms with van der Waals surface area (Å²) < 4.78 is 0. The predicted octanol–water partition coefficient (Wildman–Crippen LogP) is 2.25. The molecule has 0 saturated heterocycles. The van der Waals surface area contributed by atoms with Gasteiger partial charge >= 0.3 is 0 Å². The van der Waals surface area contributed by atoms with E-state index in [1.54, 1.807) is 12.4 Å². The molecule has 1 atom stereocenters. The first-order valence-corrected chi connectivity index (χ1v) is 5.15. The molecule has 1 N–H and O–H groups in total. The van der Waals surface area contributed by atoms with Crippen LogP contribution < -0.4 is 5.32 Å². The van der Waals surface area contributed by atoms with Crippen molar-refractivity contribution in [2.24, 2.45) is 0 Å². The summed E-state index contributed by atoms with van der Waals surface area (Å²) in [5.41, 5.74) is 1.01. The lowest BCUT2D eigenvalue weighted by molar-refractivity contribution is -0.119. The summed E-state index contributed by atoms with van der Waals surface area (Å²) >= 11 is 0. The molecule has 1 aromatic rings. The molecule has 4 heteroatoms. The third kappa shape index (κ3) is 5.10. The van der Waals surface area contributed by atoms with Gasteiger partial charge in [-0.1, -0.05) is 13.8 Å². The average molecular weight is 211 g/mol. The van der Waals surface area contributed by atoms with Crippen LogP contribution in [0.25, 0.3) is 0 Å². The van der Waals surface area contributed by atoms with E-state index in [9.17, 15) is 4.79 Å². The lowest BCUT2D eigenvalue weighted by atomic mass is 10.3. The minimum atomic E-state index is -0.127. The molecule has 1 amide bonds. The van der Waals surface area contributed by atoms with Gasteiger partial charge in [0.15, 0.2) is 0 Å². The normalized spacial score (nSPS) is 11.0. The van der Waals surface area contributed by atoms with E-state index in [4.69, 9.17) is 0 Å². The highest BCUT2D eigenvalue weighted by molar-refractivity contribution is 5.73. The van der Waals surface area contributed by atoms with Crippen molar-refractivity contribution in [2.75, 3.05) is 0 Å². The summed E-state index contributed by atoms with van der Waals surface area (Å²) in [6.45, 7) is 9.25. The van der Waals surface area contributed by atoms with Gasteiger partial charge in [-0.05, 0) is 19.4 Å². The molecule has 86 valence electrons. The zero-order valence-corrected chi connectivity index (χ0v) is 10.0. The molecule has 0 aliphatic heterocycles. The fourth-order valence-electron chi connectivity index (χ4n) is 0.996. The Bertz CT molecular complexity index is 301. The molecule has 0 aliphatic carbocycles. The van der Waals surface area contributed by atoms with Gasteiger partial charge in [-0.3, -0.25) is 4.79 Å².